The molecule has 0 aromatic heterocycles. The van der Waals surface area contributed by atoms with Crippen molar-refractivity contribution >= 4 is 35.8 Å². The Kier molecular flexibility index (Phi) is 9.30. The molecule has 1 unspecified atom stereocenters. The fourth-order valence-electron chi connectivity index (χ4n) is 4.10. The molecular weight excluding hydrogens is 486 g/mol. The number of piperazine rings is 1. The normalized spacial score (nSPS) is 21.8. The van der Waals surface area contributed by atoms with Crippen LogP contribution in [0.4, 0.5) is 13.2 Å². The lowest BCUT2D eigenvalue weighted by molar-refractivity contribution is -0.181. The first-order chi connectivity index (χ1) is 12.6. The Morgan fingerprint density at radius 3 is 2.14 bits per heavy atom. The lowest BCUT2D eigenvalue weighted by Crippen LogP contribution is -2.58. The second kappa shape index (κ2) is 10.3. The van der Waals surface area contributed by atoms with Crippen LogP contribution in [0.15, 0.2) is 4.99 Å². The highest BCUT2D eigenvalue weighted by atomic mass is 127. The molecule has 1 aliphatic heterocycles. The number of alkyl halides is 3. The maximum absolute atomic E-state index is 12.9. The summed E-state index contributed by atoms with van der Waals surface area (Å²) in [7, 11) is 5.22. The van der Waals surface area contributed by atoms with Crippen molar-refractivity contribution in [3.63, 3.8) is 0 Å². The van der Waals surface area contributed by atoms with E-state index in [1.54, 1.807) is 26.0 Å². The number of hydrogen-bond donors (Lipinski definition) is 1. The fraction of sp³-hybridized carbons (Fsp3) is 0.889. The first kappa shape index (κ1) is 25.3. The number of halogens is 4. The highest BCUT2D eigenvalue weighted by molar-refractivity contribution is 14.0. The molecule has 164 valence electrons. The summed E-state index contributed by atoms with van der Waals surface area (Å²) < 4.78 is 38.7. The van der Waals surface area contributed by atoms with Crippen molar-refractivity contribution in [2.45, 2.75) is 44.8 Å². The van der Waals surface area contributed by atoms with Crippen molar-refractivity contribution in [1.82, 2.24) is 20.0 Å². The Hall–Kier alpha value is -0.780. The summed E-state index contributed by atoms with van der Waals surface area (Å²) >= 11 is 0. The Morgan fingerprint density at radius 1 is 1.18 bits per heavy atom. The van der Waals surface area contributed by atoms with Crippen LogP contribution in [0.2, 0.25) is 0 Å². The second-order valence-corrected chi connectivity index (χ2v) is 7.83. The molecule has 0 bridgehead atoms. The van der Waals surface area contributed by atoms with E-state index in [0.29, 0.717) is 38.7 Å². The molecule has 2 aliphatic rings. The topological polar surface area (TPSA) is 51.2 Å². The summed E-state index contributed by atoms with van der Waals surface area (Å²) in [6, 6.07) is -1.44. The Morgan fingerprint density at radius 2 is 1.71 bits per heavy atom. The monoisotopic (exact) mass is 519 g/mol. The summed E-state index contributed by atoms with van der Waals surface area (Å²) in [5.41, 5.74) is -0.411. The number of nitrogens with zero attached hydrogens (tertiary/aromatic N) is 4. The predicted octanol–water partition coefficient (Wildman–Crippen LogP) is 2.40. The minimum atomic E-state index is -4.20. The fourth-order valence-corrected chi connectivity index (χ4v) is 4.10. The smallest absolute Gasteiger partial charge is 0.355 e. The maximum Gasteiger partial charge on any atom is 0.403 e. The molecule has 0 spiro atoms. The lowest BCUT2D eigenvalue weighted by Gasteiger charge is -2.40. The molecule has 6 nitrogen and oxygen atoms in total. The van der Waals surface area contributed by atoms with Crippen molar-refractivity contribution in [1.29, 1.82) is 0 Å². The summed E-state index contributed by atoms with van der Waals surface area (Å²) in [5, 5.41) is 3.32. The molecule has 28 heavy (non-hydrogen) atoms. The Labute approximate surface area is 182 Å². The minimum Gasteiger partial charge on any atom is -0.355 e. The van der Waals surface area contributed by atoms with E-state index in [-0.39, 0.29) is 29.9 Å². The van der Waals surface area contributed by atoms with Gasteiger partial charge in [-0.25, -0.2) is 0 Å². The zero-order chi connectivity index (χ0) is 20.2. The number of carbonyl (C=O) groups is 1. The van der Waals surface area contributed by atoms with Crippen LogP contribution < -0.4 is 5.32 Å². The van der Waals surface area contributed by atoms with Gasteiger partial charge in [0.15, 0.2) is 5.96 Å². The average Bonchev–Trinajstić information content (AvgIpc) is 3.10. The van der Waals surface area contributed by atoms with E-state index in [0.717, 1.165) is 25.7 Å². The van der Waals surface area contributed by atoms with Crippen LogP contribution in [0.25, 0.3) is 0 Å². The molecule has 1 heterocycles. The van der Waals surface area contributed by atoms with Crippen LogP contribution in [0.5, 0.6) is 0 Å². The zero-order valence-electron chi connectivity index (χ0n) is 17.2. The number of carbonyl (C=O) groups excluding carboxylic acids is 1. The zero-order valence-corrected chi connectivity index (χ0v) is 19.5. The molecule has 1 atom stereocenters. The first-order valence-corrected chi connectivity index (χ1v) is 9.59. The molecule has 0 aromatic carbocycles. The summed E-state index contributed by atoms with van der Waals surface area (Å²) in [4.78, 5) is 22.0. The quantitative estimate of drug-likeness (QED) is 0.352. The molecule has 2 fully saturated rings. The highest BCUT2D eigenvalue weighted by Gasteiger charge is 2.43. The maximum atomic E-state index is 12.9. The minimum absolute atomic E-state index is 0. The van der Waals surface area contributed by atoms with Crippen molar-refractivity contribution in [3.05, 3.63) is 0 Å². The molecule has 1 amide bonds. The predicted molar refractivity (Wildman–Crippen MR) is 115 cm³/mol. The van der Waals surface area contributed by atoms with Gasteiger partial charge in [-0.15, -0.1) is 24.0 Å². The average molecular weight is 519 g/mol. The van der Waals surface area contributed by atoms with Gasteiger partial charge in [-0.2, -0.15) is 13.2 Å². The van der Waals surface area contributed by atoms with Crippen LogP contribution >= 0.6 is 24.0 Å². The number of rotatable bonds is 4. The van der Waals surface area contributed by atoms with E-state index in [1.807, 2.05) is 4.90 Å². The Bertz CT molecular complexity index is 542. The van der Waals surface area contributed by atoms with E-state index in [2.05, 4.69) is 10.3 Å². The standard InChI is InChI=1S/C18H32F3N5O.HI/c1-14(18(19,20)21)25-9-11-26(12-10-25)16(22-2)23-13-17(7-5-6-8-17)15(27)24(3)4;/h14H,5-13H2,1-4H3,(H,22,23);1H. The van der Waals surface area contributed by atoms with Gasteiger partial charge in [0.05, 0.1) is 5.41 Å². The van der Waals surface area contributed by atoms with E-state index in [1.165, 1.54) is 11.8 Å². The molecule has 0 aromatic rings. The van der Waals surface area contributed by atoms with Gasteiger partial charge in [0.2, 0.25) is 5.91 Å². The van der Waals surface area contributed by atoms with Gasteiger partial charge in [-0.05, 0) is 19.8 Å². The molecule has 10 heteroatoms. The number of guanidine groups is 1. The van der Waals surface area contributed by atoms with E-state index in [4.69, 9.17) is 0 Å². The second-order valence-electron chi connectivity index (χ2n) is 7.83. The van der Waals surface area contributed by atoms with Crippen LogP contribution in [0, 0.1) is 5.41 Å². The van der Waals surface area contributed by atoms with Crippen molar-refractivity contribution in [3.8, 4) is 0 Å². The van der Waals surface area contributed by atoms with Gasteiger partial charge in [-0.1, -0.05) is 12.8 Å². The highest BCUT2D eigenvalue weighted by Crippen LogP contribution is 2.39. The largest absolute Gasteiger partial charge is 0.403 e. The van der Waals surface area contributed by atoms with E-state index < -0.39 is 17.6 Å². The van der Waals surface area contributed by atoms with Gasteiger partial charge >= 0.3 is 6.18 Å². The molecular formula is C18H33F3IN5O. The van der Waals surface area contributed by atoms with Gasteiger partial charge in [0.1, 0.15) is 6.04 Å². The van der Waals surface area contributed by atoms with Crippen molar-refractivity contribution in [2.24, 2.45) is 10.4 Å². The van der Waals surface area contributed by atoms with Crippen LogP contribution in [-0.4, -0.2) is 92.7 Å². The number of aliphatic imine (C=N–C) groups is 1. The van der Waals surface area contributed by atoms with Crippen molar-refractivity contribution < 1.29 is 18.0 Å². The van der Waals surface area contributed by atoms with Gasteiger partial charge in [0.25, 0.3) is 0 Å². The third kappa shape index (κ3) is 5.87. The SMILES string of the molecule is CN=C(NCC1(C(=O)N(C)C)CCCC1)N1CCN(C(C)C(F)(F)F)CC1.I. The van der Waals surface area contributed by atoms with Gasteiger partial charge < -0.3 is 15.1 Å². The molecule has 1 saturated heterocycles. The summed E-state index contributed by atoms with van der Waals surface area (Å²) in [6.07, 6.45) is -0.430. The Balaban J connectivity index is 0.00000392. The number of amides is 1. The van der Waals surface area contributed by atoms with E-state index in [9.17, 15) is 18.0 Å². The number of nitrogens with one attached hydrogen (secondary N) is 1. The first-order valence-electron chi connectivity index (χ1n) is 9.59. The molecule has 0 radical (unpaired) electrons. The lowest BCUT2D eigenvalue weighted by atomic mass is 9.84. The van der Waals surface area contributed by atoms with Gasteiger partial charge in [-0.3, -0.25) is 14.7 Å². The van der Waals surface area contributed by atoms with Crippen LogP contribution in [0.1, 0.15) is 32.6 Å². The molecule has 1 N–H and O–H groups in total. The van der Waals surface area contributed by atoms with Crippen LogP contribution in [-0.2, 0) is 4.79 Å². The third-order valence-corrected chi connectivity index (χ3v) is 5.85. The summed E-state index contributed by atoms with van der Waals surface area (Å²) in [5.74, 6) is 0.791. The third-order valence-electron chi connectivity index (χ3n) is 5.85. The molecule has 2 rings (SSSR count). The number of hydrogen-bond acceptors (Lipinski definition) is 3. The van der Waals surface area contributed by atoms with Crippen LogP contribution in [0.3, 0.4) is 0 Å². The molecule has 1 saturated carbocycles. The van der Waals surface area contributed by atoms with E-state index >= 15 is 0 Å². The molecule has 1 aliphatic carbocycles. The van der Waals surface area contributed by atoms with Crippen molar-refractivity contribution in [2.75, 3.05) is 53.9 Å². The van der Waals surface area contributed by atoms with Gasteiger partial charge in [0, 0.05) is 53.9 Å². The summed E-state index contributed by atoms with van der Waals surface area (Å²) in [6.45, 7) is 3.35.